The van der Waals surface area contributed by atoms with Crippen molar-refractivity contribution in [2.45, 2.75) is 74.6 Å². The minimum atomic E-state index is -1.97. The number of guanidine groups is 2. The van der Waals surface area contributed by atoms with E-state index in [1.54, 1.807) is 0 Å². The van der Waals surface area contributed by atoms with Crippen LogP contribution in [0.3, 0.4) is 0 Å². The average molecular weight is 760 g/mol. The van der Waals surface area contributed by atoms with Crippen molar-refractivity contribution in [3.05, 3.63) is 23.7 Å². The minimum absolute atomic E-state index is 0.663. The average Bonchev–Trinajstić information content (AvgIpc) is 3.05. The molecule has 0 aromatic carbocycles. The van der Waals surface area contributed by atoms with Crippen LogP contribution in [0.5, 0.6) is 0 Å². The van der Waals surface area contributed by atoms with E-state index in [1.165, 1.54) is 0 Å². The predicted octanol–water partition coefficient (Wildman–Crippen LogP) is -7.40. The zero-order chi connectivity index (χ0) is 40.2. The maximum atomic E-state index is 12.8. The number of aliphatic carboxylic acids is 2. The van der Waals surface area contributed by atoms with Gasteiger partial charge < -0.3 is 92.8 Å². The van der Waals surface area contributed by atoms with Crippen LogP contribution in [0.4, 0.5) is 9.59 Å². The van der Waals surface area contributed by atoms with E-state index < -0.39 is 141 Å². The van der Waals surface area contributed by atoms with E-state index in [0.717, 1.165) is 26.0 Å². The molecular formula is C26H41BN10O16. The number of hydrogen-bond donors (Lipinski definition) is 16. The molecular weight excluding hydrogens is 719 g/mol. The van der Waals surface area contributed by atoms with E-state index in [1.807, 2.05) is 10.5 Å². The van der Waals surface area contributed by atoms with Crippen molar-refractivity contribution in [3.8, 4) is 0 Å². The monoisotopic (exact) mass is 760 g/mol. The molecule has 0 fully saturated rings. The van der Waals surface area contributed by atoms with Crippen molar-refractivity contribution in [1.29, 1.82) is 10.8 Å². The normalized spacial score (nSPS) is 24.2. The Morgan fingerprint density at radius 3 is 1.34 bits per heavy atom. The summed E-state index contributed by atoms with van der Waals surface area (Å²) in [7, 11) is -0.841. The molecule has 0 aliphatic carbocycles. The van der Waals surface area contributed by atoms with Gasteiger partial charge in [0.25, 0.3) is 0 Å². The third kappa shape index (κ3) is 12.6. The maximum absolute atomic E-state index is 12.8. The molecule has 53 heavy (non-hydrogen) atoms. The fraction of sp³-hybridized carbons (Fsp3) is 0.538. The van der Waals surface area contributed by atoms with Crippen molar-refractivity contribution < 1.29 is 78.4 Å². The van der Waals surface area contributed by atoms with Crippen molar-refractivity contribution in [2.75, 3.05) is 13.2 Å². The van der Waals surface area contributed by atoms with Crippen LogP contribution < -0.4 is 43.2 Å². The molecule has 0 spiro atoms. The Morgan fingerprint density at radius 2 is 1.08 bits per heavy atom. The van der Waals surface area contributed by atoms with Crippen molar-refractivity contribution in [3.63, 3.8) is 0 Å². The third-order valence-corrected chi connectivity index (χ3v) is 7.21. The van der Waals surface area contributed by atoms with Gasteiger partial charge in [-0.1, -0.05) is 0 Å². The summed E-state index contributed by atoms with van der Waals surface area (Å²) in [6.45, 7) is -0.0145. The molecule has 294 valence electrons. The molecule has 10 atom stereocenters. The van der Waals surface area contributed by atoms with Crippen LogP contribution in [0.1, 0.15) is 13.8 Å². The number of hydrogen-bond acceptors (Lipinski definition) is 16. The highest BCUT2D eigenvalue weighted by atomic mass is 16.6. The first kappa shape index (κ1) is 43.1. The lowest BCUT2D eigenvalue weighted by molar-refractivity contribution is -0.147. The standard InChI is InChI=1S/C26H41BN10O16/c1-7(40)32-15-9(34-23(28)29)3-13(21(44)45)50-19(15)17(11(42)5-38)52-25(48)36-27-37-26(49)53-18(12(43)6-39)20-16(33-8(2)41)10(35-24(30)31)4-14(51-20)22(46)47/h3-4,9-12,15-20,27,38-39,42-43H,5-6H2,1-2H3,(H,32,40)(H,33,41)(H,36,48)(H,37,49)(H,44,45)(H,46,47)(H4,28,29,34)(H4,30,31,35)/t9-,10-,11+,12+,15+,16+,17+,18+,19+,20+/m0/s1. The summed E-state index contributed by atoms with van der Waals surface area (Å²) in [6.07, 6.45) is -12.2. The van der Waals surface area contributed by atoms with Crippen LogP contribution in [-0.2, 0) is 38.1 Å². The highest BCUT2D eigenvalue weighted by Crippen LogP contribution is 2.26. The minimum Gasteiger partial charge on any atom is -0.477 e. The number of carboxylic acid groups (broad SMARTS) is 2. The summed E-state index contributed by atoms with van der Waals surface area (Å²) in [6, 6.07) is -5.28. The molecule has 2 aliphatic heterocycles. The summed E-state index contributed by atoms with van der Waals surface area (Å²) in [5.74, 6) is -7.54. The van der Waals surface area contributed by atoms with Gasteiger partial charge in [0.2, 0.25) is 23.3 Å². The first-order chi connectivity index (χ1) is 24.8. The number of nitrogens with one attached hydrogen (secondary N) is 8. The van der Waals surface area contributed by atoms with Crippen LogP contribution in [0.25, 0.3) is 0 Å². The van der Waals surface area contributed by atoms with Gasteiger partial charge in [-0.15, -0.1) is 0 Å². The van der Waals surface area contributed by atoms with Crippen LogP contribution in [-0.4, -0.2) is 160 Å². The second-order valence-electron chi connectivity index (χ2n) is 11.2. The van der Waals surface area contributed by atoms with Crippen molar-refractivity contribution in [1.82, 2.24) is 31.7 Å². The number of carbonyl (C=O) groups is 6. The molecule has 18 N–H and O–H groups in total. The molecule has 0 radical (unpaired) electrons. The first-order valence-electron chi connectivity index (χ1n) is 15.2. The Bertz CT molecular complexity index is 1380. The van der Waals surface area contributed by atoms with E-state index in [9.17, 15) is 59.4 Å². The van der Waals surface area contributed by atoms with E-state index in [2.05, 4.69) is 21.3 Å². The summed E-state index contributed by atoms with van der Waals surface area (Å²) < 4.78 is 21.2. The fourth-order valence-electron chi connectivity index (χ4n) is 5.14. The molecule has 2 rings (SSSR count). The number of amides is 4. The summed E-state index contributed by atoms with van der Waals surface area (Å²) in [5, 5.41) is 88.3. The largest absolute Gasteiger partial charge is 0.477 e. The molecule has 27 heteroatoms. The molecule has 0 aromatic rings. The topological polar surface area (TPSA) is 433 Å². The highest BCUT2D eigenvalue weighted by molar-refractivity contribution is 6.37. The van der Waals surface area contributed by atoms with Crippen molar-refractivity contribution >= 4 is 55.4 Å². The molecule has 2 aliphatic rings. The summed E-state index contributed by atoms with van der Waals surface area (Å²) >= 11 is 0. The predicted molar refractivity (Wildman–Crippen MR) is 174 cm³/mol. The maximum Gasteiger partial charge on any atom is 0.396 e. The SMILES string of the molecule is CC(=O)N[C@H]1[C@H]([C@H](OC(=O)NBNC(=O)O[C@@H]([C@@H]2OC(C(=O)O)=C[C@H](NC(=N)N)[C@H]2NC(C)=O)[C@H](O)CO)[C@H](O)CO)OC(C(=O)O)=C[C@@H]1NC(=N)N. The lowest BCUT2D eigenvalue weighted by atomic mass is 9.91. The number of aliphatic hydroxyl groups excluding tert-OH is 4. The van der Waals surface area contributed by atoms with Crippen LogP contribution in [0.15, 0.2) is 23.7 Å². The van der Waals surface area contributed by atoms with Gasteiger partial charge in [0.1, 0.15) is 12.2 Å². The fourth-order valence-corrected chi connectivity index (χ4v) is 5.14. The second-order valence-corrected chi connectivity index (χ2v) is 11.2. The number of rotatable bonds is 16. The Hall–Kier alpha value is -6.06. The molecule has 2 heterocycles. The van der Waals surface area contributed by atoms with Gasteiger partial charge in [-0.3, -0.25) is 20.4 Å². The smallest absolute Gasteiger partial charge is 0.396 e. The van der Waals surface area contributed by atoms with Gasteiger partial charge in [-0.25, -0.2) is 19.2 Å². The van der Waals surface area contributed by atoms with Gasteiger partial charge >= 0.3 is 31.7 Å². The molecule has 4 amide bonds. The molecule has 0 unspecified atom stereocenters. The molecule has 0 bridgehead atoms. The van der Waals surface area contributed by atoms with Gasteiger partial charge in [0.15, 0.2) is 36.3 Å². The van der Waals surface area contributed by atoms with Crippen LogP contribution in [0.2, 0.25) is 0 Å². The molecule has 0 saturated heterocycles. The Kier molecular flexibility index (Phi) is 15.9. The Labute approximate surface area is 299 Å². The lowest BCUT2D eigenvalue weighted by Gasteiger charge is -2.41. The number of carboxylic acids is 2. The number of nitrogens with two attached hydrogens (primary N) is 2. The zero-order valence-electron chi connectivity index (χ0n) is 28.0. The summed E-state index contributed by atoms with van der Waals surface area (Å²) in [5.41, 5.74) is 10.8. The number of ether oxygens (including phenoxy) is 4. The second kappa shape index (κ2) is 19.5. The quantitative estimate of drug-likeness (QED) is 0.0394. The highest BCUT2D eigenvalue weighted by Gasteiger charge is 2.48. The Morgan fingerprint density at radius 1 is 0.736 bits per heavy atom. The van der Waals surface area contributed by atoms with E-state index in [-0.39, 0.29) is 0 Å². The van der Waals surface area contributed by atoms with Gasteiger partial charge in [-0.2, -0.15) is 0 Å². The van der Waals surface area contributed by atoms with Crippen molar-refractivity contribution in [2.24, 2.45) is 11.5 Å². The first-order valence-corrected chi connectivity index (χ1v) is 15.2. The number of carbonyl (C=O) groups excluding carboxylic acids is 4. The lowest BCUT2D eigenvalue weighted by Crippen LogP contribution is -2.65. The van der Waals surface area contributed by atoms with Crippen LogP contribution >= 0.6 is 0 Å². The zero-order valence-corrected chi connectivity index (χ0v) is 28.0. The van der Waals surface area contributed by atoms with E-state index in [4.69, 9.17) is 41.2 Å². The van der Waals surface area contributed by atoms with Gasteiger partial charge in [0, 0.05) is 13.8 Å². The molecule has 0 aromatic heterocycles. The van der Waals surface area contributed by atoms with Crippen LogP contribution in [0, 0.1) is 10.8 Å². The van der Waals surface area contributed by atoms with Gasteiger partial charge in [-0.05, 0) is 12.2 Å². The Balaban J connectivity index is 2.26. The molecule has 26 nitrogen and oxygen atoms in total. The third-order valence-electron chi connectivity index (χ3n) is 7.21. The summed E-state index contributed by atoms with van der Waals surface area (Å²) in [4.78, 5) is 73.2. The van der Waals surface area contributed by atoms with Gasteiger partial charge in [0.05, 0.1) is 37.4 Å². The van der Waals surface area contributed by atoms with E-state index in [0.29, 0.717) is 0 Å². The number of aliphatic hydroxyl groups is 4. The molecule has 0 saturated carbocycles. The van der Waals surface area contributed by atoms with E-state index >= 15 is 0 Å².